The number of aliphatic hydroxyl groups is 5. The van der Waals surface area contributed by atoms with Gasteiger partial charge in [0.15, 0.2) is 0 Å². The van der Waals surface area contributed by atoms with Gasteiger partial charge in [0.05, 0.1) is 11.5 Å². The molecule has 0 aliphatic carbocycles. The zero-order chi connectivity index (χ0) is 18.0. The van der Waals surface area contributed by atoms with Gasteiger partial charge in [0, 0.05) is 0 Å². The predicted octanol–water partition coefficient (Wildman–Crippen LogP) is 0.00850. The number of ether oxygens (including phenoxy) is 2. The van der Waals surface area contributed by atoms with Gasteiger partial charge in [-0.3, -0.25) is 0 Å². The third-order valence-corrected chi connectivity index (χ3v) is 5.06. The molecule has 0 amide bonds. The van der Waals surface area contributed by atoms with Crippen LogP contribution in [0.2, 0.25) is 0 Å². The van der Waals surface area contributed by atoms with E-state index in [1.807, 2.05) is 18.2 Å². The Morgan fingerprint density at radius 1 is 1.04 bits per heavy atom. The van der Waals surface area contributed by atoms with E-state index in [2.05, 4.69) is 0 Å². The zero-order valence-corrected chi connectivity index (χ0v) is 14.0. The zero-order valence-electron chi connectivity index (χ0n) is 13.2. The van der Waals surface area contributed by atoms with Gasteiger partial charge in [-0.2, -0.15) is 0 Å². The highest BCUT2D eigenvalue weighted by molar-refractivity contribution is 7.10. The summed E-state index contributed by atoms with van der Waals surface area (Å²) in [7, 11) is 0. The Kier molecular flexibility index (Phi) is 5.70. The van der Waals surface area contributed by atoms with Crippen LogP contribution in [0.5, 0.6) is 5.75 Å². The second-order valence-corrected chi connectivity index (χ2v) is 6.73. The molecule has 6 atom stereocenters. The van der Waals surface area contributed by atoms with Crippen molar-refractivity contribution >= 4 is 11.3 Å². The van der Waals surface area contributed by atoms with Crippen LogP contribution < -0.4 is 4.74 Å². The van der Waals surface area contributed by atoms with Crippen molar-refractivity contribution in [3.63, 3.8) is 0 Å². The van der Waals surface area contributed by atoms with Gasteiger partial charge in [-0.15, -0.1) is 11.3 Å². The summed E-state index contributed by atoms with van der Waals surface area (Å²) in [4.78, 5) is 0.517. The lowest BCUT2D eigenvalue weighted by Gasteiger charge is -2.39. The fraction of sp³-hybridized carbons (Fsp3) is 0.412. The van der Waals surface area contributed by atoms with Crippen molar-refractivity contribution in [1.82, 2.24) is 0 Å². The highest BCUT2D eigenvalue weighted by Crippen LogP contribution is 2.36. The smallest absolute Gasteiger partial charge is 0.229 e. The number of hydrogen-bond donors (Lipinski definition) is 5. The van der Waals surface area contributed by atoms with Crippen molar-refractivity contribution in [2.45, 2.75) is 36.8 Å². The molecule has 1 aliphatic rings. The number of aliphatic hydroxyl groups excluding tert-OH is 5. The number of rotatable bonds is 5. The predicted molar refractivity (Wildman–Crippen MR) is 89.2 cm³/mol. The summed E-state index contributed by atoms with van der Waals surface area (Å²) in [5, 5.41) is 51.2. The lowest BCUT2D eigenvalue weighted by molar-refractivity contribution is -0.277. The SMILES string of the molecule is OCC1OC(Oc2ccsc2C(O)c2ccccc2)C(O)C(O)C1O. The normalized spacial score (nSPS) is 30.8. The van der Waals surface area contributed by atoms with Gasteiger partial charge < -0.3 is 35.0 Å². The summed E-state index contributed by atoms with van der Waals surface area (Å²) >= 11 is 1.28. The second-order valence-electron chi connectivity index (χ2n) is 5.78. The minimum absolute atomic E-state index is 0.297. The molecule has 0 radical (unpaired) electrons. The van der Waals surface area contributed by atoms with Crippen LogP contribution in [0.3, 0.4) is 0 Å². The summed E-state index contributed by atoms with van der Waals surface area (Å²) in [6.45, 7) is -0.534. The molecular formula is C17H20O7S. The first-order valence-electron chi connectivity index (χ1n) is 7.80. The summed E-state index contributed by atoms with van der Waals surface area (Å²) in [6.07, 6.45) is -7.72. The molecule has 2 heterocycles. The van der Waals surface area contributed by atoms with E-state index in [-0.39, 0.29) is 0 Å². The van der Waals surface area contributed by atoms with Gasteiger partial charge in [0.2, 0.25) is 6.29 Å². The molecule has 1 aliphatic heterocycles. The molecule has 0 saturated carbocycles. The highest BCUT2D eigenvalue weighted by atomic mass is 32.1. The molecule has 5 N–H and O–H groups in total. The van der Waals surface area contributed by atoms with Crippen LogP contribution in [0.25, 0.3) is 0 Å². The van der Waals surface area contributed by atoms with E-state index in [1.165, 1.54) is 11.3 Å². The Morgan fingerprint density at radius 3 is 2.44 bits per heavy atom. The van der Waals surface area contributed by atoms with Gasteiger partial charge in [-0.1, -0.05) is 30.3 Å². The van der Waals surface area contributed by atoms with Crippen LogP contribution in [-0.2, 0) is 4.74 Å². The lowest BCUT2D eigenvalue weighted by atomic mass is 9.99. The van der Waals surface area contributed by atoms with Crippen molar-refractivity contribution in [3.05, 3.63) is 52.2 Å². The van der Waals surface area contributed by atoms with Gasteiger partial charge in [0.25, 0.3) is 0 Å². The molecule has 1 aromatic heterocycles. The molecule has 2 aromatic rings. The van der Waals surface area contributed by atoms with E-state index < -0.39 is 43.4 Å². The first-order valence-corrected chi connectivity index (χ1v) is 8.68. The average Bonchev–Trinajstić information content (AvgIpc) is 3.10. The van der Waals surface area contributed by atoms with E-state index in [1.54, 1.807) is 23.6 Å². The number of hydrogen-bond acceptors (Lipinski definition) is 8. The lowest BCUT2D eigenvalue weighted by Crippen LogP contribution is -2.60. The Bertz CT molecular complexity index is 675. The number of benzene rings is 1. The standard InChI is InChI=1S/C17H20O7S/c18-8-11-13(20)14(21)15(22)17(24-11)23-10-6-7-25-16(10)12(19)9-4-2-1-3-5-9/h1-7,11-15,17-22H,8H2. The van der Waals surface area contributed by atoms with Crippen LogP contribution in [0.4, 0.5) is 0 Å². The fourth-order valence-electron chi connectivity index (χ4n) is 2.68. The van der Waals surface area contributed by atoms with E-state index in [9.17, 15) is 25.5 Å². The maximum atomic E-state index is 10.5. The Labute approximate surface area is 148 Å². The van der Waals surface area contributed by atoms with E-state index in [4.69, 9.17) is 9.47 Å². The van der Waals surface area contributed by atoms with Crippen molar-refractivity contribution in [2.24, 2.45) is 0 Å². The highest BCUT2D eigenvalue weighted by Gasteiger charge is 2.45. The molecule has 0 bridgehead atoms. The quantitative estimate of drug-likeness (QED) is 0.504. The molecule has 3 rings (SSSR count). The third kappa shape index (κ3) is 3.70. The van der Waals surface area contributed by atoms with Crippen molar-refractivity contribution < 1.29 is 35.0 Å². The minimum atomic E-state index is -1.52. The second kappa shape index (κ2) is 7.79. The molecule has 6 unspecified atom stereocenters. The molecule has 136 valence electrons. The molecule has 1 fully saturated rings. The van der Waals surface area contributed by atoms with E-state index in [0.717, 1.165) is 0 Å². The average molecular weight is 368 g/mol. The van der Waals surface area contributed by atoms with Crippen molar-refractivity contribution in [2.75, 3.05) is 6.61 Å². The molecule has 0 spiro atoms. The molecule has 1 aromatic carbocycles. The Morgan fingerprint density at radius 2 is 1.76 bits per heavy atom. The molecular weight excluding hydrogens is 348 g/mol. The summed E-state index contributed by atoms with van der Waals surface area (Å²) in [5.74, 6) is 0.297. The first-order chi connectivity index (χ1) is 12.0. The minimum Gasteiger partial charge on any atom is -0.461 e. The van der Waals surface area contributed by atoms with Crippen LogP contribution in [0.15, 0.2) is 41.8 Å². The summed E-state index contributed by atoms with van der Waals surface area (Å²) in [5.41, 5.74) is 0.684. The Balaban J connectivity index is 1.79. The summed E-state index contributed by atoms with van der Waals surface area (Å²) in [6, 6.07) is 10.6. The van der Waals surface area contributed by atoms with Crippen molar-refractivity contribution in [1.29, 1.82) is 0 Å². The molecule has 8 heteroatoms. The van der Waals surface area contributed by atoms with Crippen molar-refractivity contribution in [3.8, 4) is 5.75 Å². The van der Waals surface area contributed by atoms with E-state index >= 15 is 0 Å². The summed E-state index contributed by atoms with van der Waals surface area (Å²) < 4.78 is 11.0. The number of thiophene rings is 1. The van der Waals surface area contributed by atoms with Gasteiger partial charge in [-0.25, -0.2) is 0 Å². The van der Waals surface area contributed by atoms with Crippen LogP contribution in [0.1, 0.15) is 16.5 Å². The van der Waals surface area contributed by atoms with Crippen LogP contribution >= 0.6 is 11.3 Å². The van der Waals surface area contributed by atoms with Crippen LogP contribution in [0, 0.1) is 0 Å². The van der Waals surface area contributed by atoms with Gasteiger partial charge in [-0.05, 0) is 17.0 Å². The van der Waals surface area contributed by atoms with Gasteiger partial charge >= 0.3 is 0 Å². The monoisotopic (exact) mass is 368 g/mol. The molecule has 7 nitrogen and oxygen atoms in total. The third-order valence-electron chi connectivity index (χ3n) is 4.11. The first kappa shape index (κ1) is 18.3. The fourth-order valence-corrected chi connectivity index (χ4v) is 3.52. The largest absolute Gasteiger partial charge is 0.461 e. The Hall–Kier alpha value is -1.52. The molecule has 25 heavy (non-hydrogen) atoms. The van der Waals surface area contributed by atoms with E-state index in [0.29, 0.717) is 16.2 Å². The van der Waals surface area contributed by atoms with Crippen LogP contribution in [-0.4, -0.2) is 62.8 Å². The molecule has 1 saturated heterocycles. The topological polar surface area (TPSA) is 120 Å². The van der Waals surface area contributed by atoms with Gasteiger partial charge in [0.1, 0.15) is 36.3 Å². The maximum Gasteiger partial charge on any atom is 0.229 e. The maximum absolute atomic E-state index is 10.5.